The molecule has 3 rings (SSSR count). The van der Waals surface area contributed by atoms with Crippen molar-refractivity contribution >= 4 is 0 Å². The zero-order valence-electron chi connectivity index (χ0n) is 10.5. The van der Waals surface area contributed by atoms with Gasteiger partial charge in [0.2, 0.25) is 0 Å². The molecular formula is C15H19N3. The van der Waals surface area contributed by atoms with Crippen LogP contribution in [0.15, 0.2) is 49.1 Å². The van der Waals surface area contributed by atoms with Crippen LogP contribution in [0.2, 0.25) is 0 Å². The number of rotatable bonds is 4. The van der Waals surface area contributed by atoms with Crippen molar-refractivity contribution in [1.82, 2.24) is 14.9 Å². The lowest BCUT2D eigenvalue weighted by atomic mass is 10.1. The molecule has 1 saturated carbocycles. The summed E-state index contributed by atoms with van der Waals surface area (Å²) in [5, 5.41) is 3.69. The van der Waals surface area contributed by atoms with Crippen LogP contribution < -0.4 is 5.32 Å². The fourth-order valence-electron chi connectivity index (χ4n) is 2.85. The Morgan fingerprint density at radius 3 is 2.89 bits per heavy atom. The molecule has 0 amide bonds. The monoisotopic (exact) mass is 241 g/mol. The Kier molecular flexibility index (Phi) is 3.42. The van der Waals surface area contributed by atoms with Crippen LogP contribution in [0.4, 0.5) is 0 Å². The van der Waals surface area contributed by atoms with E-state index in [2.05, 4.69) is 51.4 Å². The average molecular weight is 241 g/mol. The highest BCUT2D eigenvalue weighted by Gasteiger charge is 2.27. The predicted octanol–water partition coefficient (Wildman–Crippen LogP) is 2.77. The van der Waals surface area contributed by atoms with Crippen molar-refractivity contribution in [3.8, 4) is 0 Å². The maximum atomic E-state index is 4.15. The molecule has 2 unspecified atom stereocenters. The summed E-state index contributed by atoms with van der Waals surface area (Å²) >= 11 is 0. The van der Waals surface area contributed by atoms with Crippen LogP contribution in [0.1, 0.15) is 30.9 Å². The second-order valence-corrected chi connectivity index (χ2v) is 4.98. The van der Waals surface area contributed by atoms with E-state index in [-0.39, 0.29) is 0 Å². The van der Waals surface area contributed by atoms with Gasteiger partial charge in [0.15, 0.2) is 0 Å². The topological polar surface area (TPSA) is 29.9 Å². The van der Waals surface area contributed by atoms with E-state index >= 15 is 0 Å². The standard InChI is InChI=1S/C15H19N3/c1-2-5-13(6-3-1)11-17-14-7-4-8-15(14)18-10-9-16-12-18/h1-3,5-6,9-10,12,14-15,17H,4,7-8,11H2. The molecule has 0 radical (unpaired) electrons. The summed E-state index contributed by atoms with van der Waals surface area (Å²) < 4.78 is 2.25. The van der Waals surface area contributed by atoms with Gasteiger partial charge in [0.25, 0.3) is 0 Å². The third-order valence-corrected chi connectivity index (χ3v) is 3.80. The van der Waals surface area contributed by atoms with Gasteiger partial charge in [-0.1, -0.05) is 30.3 Å². The Morgan fingerprint density at radius 2 is 2.11 bits per heavy atom. The molecule has 2 aromatic rings. The Labute approximate surface area is 108 Å². The maximum Gasteiger partial charge on any atom is 0.0949 e. The average Bonchev–Trinajstić information content (AvgIpc) is 3.08. The summed E-state index contributed by atoms with van der Waals surface area (Å²) in [6.45, 7) is 0.955. The van der Waals surface area contributed by atoms with Gasteiger partial charge in [0.05, 0.1) is 6.33 Å². The van der Waals surface area contributed by atoms with Gasteiger partial charge in [0.1, 0.15) is 0 Å². The summed E-state index contributed by atoms with van der Waals surface area (Å²) in [5.74, 6) is 0. The Balaban J connectivity index is 1.62. The minimum absolute atomic E-state index is 0.566. The molecule has 0 bridgehead atoms. The van der Waals surface area contributed by atoms with E-state index < -0.39 is 0 Å². The molecule has 2 atom stereocenters. The van der Waals surface area contributed by atoms with E-state index in [1.807, 2.05) is 12.5 Å². The fourth-order valence-corrected chi connectivity index (χ4v) is 2.85. The summed E-state index contributed by atoms with van der Waals surface area (Å²) in [4.78, 5) is 4.15. The van der Waals surface area contributed by atoms with Crippen LogP contribution in [0, 0.1) is 0 Å². The smallest absolute Gasteiger partial charge is 0.0949 e. The van der Waals surface area contributed by atoms with Crippen molar-refractivity contribution in [3.05, 3.63) is 54.6 Å². The molecule has 0 aliphatic heterocycles. The van der Waals surface area contributed by atoms with E-state index in [0.29, 0.717) is 12.1 Å². The molecule has 1 N–H and O–H groups in total. The number of nitrogens with zero attached hydrogens (tertiary/aromatic N) is 2. The minimum Gasteiger partial charge on any atom is -0.333 e. The fraction of sp³-hybridized carbons (Fsp3) is 0.400. The molecule has 94 valence electrons. The van der Waals surface area contributed by atoms with Gasteiger partial charge < -0.3 is 9.88 Å². The van der Waals surface area contributed by atoms with Gasteiger partial charge in [-0.3, -0.25) is 0 Å². The van der Waals surface area contributed by atoms with Crippen LogP contribution in [0.5, 0.6) is 0 Å². The molecule has 1 aromatic heterocycles. The van der Waals surface area contributed by atoms with Crippen LogP contribution in [-0.4, -0.2) is 15.6 Å². The molecule has 1 aliphatic rings. The zero-order valence-corrected chi connectivity index (χ0v) is 10.5. The Bertz CT molecular complexity index is 464. The second-order valence-electron chi connectivity index (χ2n) is 4.98. The number of hydrogen-bond acceptors (Lipinski definition) is 2. The first-order chi connectivity index (χ1) is 8.93. The molecule has 3 nitrogen and oxygen atoms in total. The lowest BCUT2D eigenvalue weighted by Gasteiger charge is -2.22. The lowest BCUT2D eigenvalue weighted by molar-refractivity contribution is 0.390. The van der Waals surface area contributed by atoms with Crippen LogP contribution in [0.3, 0.4) is 0 Å². The van der Waals surface area contributed by atoms with E-state index in [1.165, 1.54) is 24.8 Å². The van der Waals surface area contributed by atoms with E-state index in [4.69, 9.17) is 0 Å². The van der Waals surface area contributed by atoms with Crippen molar-refractivity contribution in [2.45, 2.75) is 37.9 Å². The highest BCUT2D eigenvalue weighted by Crippen LogP contribution is 2.30. The SMILES string of the molecule is c1ccc(CNC2CCCC2n2ccnc2)cc1. The largest absolute Gasteiger partial charge is 0.333 e. The lowest BCUT2D eigenvalue weighted by Crippen LogP contribution is -2.33. The molecule has 1 aliphatic carbocycles. The highest BCUT2D eigenvalue weighted by molar-refractivity contribution is 5.14. The number of benzene rings is 1. The van der Waals surface area contributed by atoms with Gasteiger partial charge in [0, 0.05) is 31.0 Å². The molecule has 1 aromatic carbocycles. The van der Waals surface area contributed by atoms with Crippen LogP contribution in [0.25, 0.3) is 0 Å². The summed E-state index contributed by atoms with van der Waals surface area (Å²) in [6, 6.07) is 11.7. The Hall–Kier alpha value is -1.61. The number of imidazole rings is 1. The Morgan fingerprint density at radius 1 is 1.22 bits per heavy atom. The van der Waals surface area contributed by atoms with Gasteiger partial charge in [-0.25, -0.2) is 4.98 Å². The molecular weight excluding hydrogens is 222 g/mol. The number of hydrogen-bond donors (Lipinski definition) is 1. The zero-order chi connectivity index (χ0) is 12.2. The van der Waals surface area contributed by atoms with Gasteiger partial charge in [-0.2, -0.15) is 0 Å². The van der Waals surface area contributed by atoms with Crippen molar-refractivity contribution in [2.75, 3.05) is 0 Å². The van der Waals surface area contributed by atoms with Crippen LogP contribution >= 0.6 is 0 Å². The first-order valence-electron chi connectivity index (χ1n) is 6.68. The van der Waals surface area contributed by atoms with E-state index in [1.54, 1.807) is 0 Å². The van der Waals surface area contributed by atoms with Gasteiger partial charge >= 0.3 is 0 Å². The molecule has 1 heterocycles. The number of aromatic nitrogens is 2. The molecule has 0 saturated heterocycles. The highest BCUT2D eigenvalue weighted by atomic mass is 15.1. The second kappa shape index (κ2) is 5.36. The predicted molar refractivity (Wildman–Crippen MR) is 72.2 cm³/mol. The third-order valence-electron chi connectivity index (χ3n) is 3.80. The summed E-state index contributed by atoms with van der Waals surface area (Å²) in [7, 11) is 0. The van der Waals surface area contributed by atoms with Gasteiger partial charge in [-0.15, -0.1) is 0 Å². The molecule has 1 fully saturated rings. The van der Waals surface area contributed by atoms with Crippen molar-refractivity contribution in [1.29, 1.82) is 0 Å². The van der Waals surface area contributed by atoms with Crippen molar-refractivity contribution in [3.63, 3.8) is 0 Å². The first-order valence-corrected chi connectivity index (χ1v) is 6.68. The third kappa shape index (κ3) is 2.46. The molecule has 18 heavy (non-hydrogen) atoms. The van der Waals surface area contributed by atoms with Crippen molar-refractivity contribution in [2.24, 2.45) is 0 Å². The number of nitrogens with one attached hydrogen (secondary N) is 1. The van der Waals surface area contributed by atoms with Crippen molar-refractivity contribution < 1.29 is 0 Å². The first kappa shape index (κ1) is 11.5. The van der Waals surface area contributed by atoms with Crippen LogP contribution in [-0.2, 0) is 6.54 Å². The van der Waals surface area contributed by atoms with E-state index in [9.17, 15) is 0 Å². The molecule has 3 heteroatoms. The van der Waals surface area contributed by atoms with Gasteiger partial charge in [-0.05, 0) is 24.8 Å². The maximum absolute atomic E-state index is 4.15. The van der Waals surface area contributed by atoms with E-state index in [0.717, 1.165) is 6.54 Å². The quantitative estimate of drug-likeness (QED) is 0.892. The summed E-state index contributed by atoms with van der Waals surface area (Å²) in [5.41, 5.74) is 1.36. The normalized spacial score (nSPS) is 23.3. The minimum atomic E-state index is 0.566. The summed E-state index contributed by atoms with van der Waals surface area (Å²) in [6.07, 6.45) is 9.70. The molecule has 0 spiro atoms.